The topological polar surface area (TPSA) is 88.8 Å². The van der Waals surface area contributed by atoms with Crippen LogP contribution in [-0.4, -0.2) is 53.0 Å². The third-order valence-electron chi connectivity index (χ3n) is 4.40. The van der Waals surface area contributed by atoms with Crippen molar-refractivity contribution in [3.8, 4) is 5.75 Å². The molecule has 1 saturated heterocycles. The lowest BCUT2D eigenvalue weighted by atomic mass is 10.2. The molecule has 1 unspecified atom stereocenters. The molecule has 1 aliphatic heterocycles. The first-order valence-corrected chi connectivity index (χ1v) is 9.36. The summed E-state index contributed by atoms with van der Waals surface area (Å²) < 4.78 is 5.69. The quantitative estimate of drug-likeness (QED) is 0.539. The SMILES string of the molecule is CC(Oc1ccc(Cl)cc1Cl)C(=O)N1CCN(c2ccc([N+](=O)[O-])cn2)CC1. The van der Waals surface area contributed by atoms with Crippen molar-refractivity contribution in [2.45, 2.75) is 13.0 Å². The number of halogens is 2. The summed E-state index contributed by atoms with van der Waals surface area (Å²) >= 11 is 12.0. The molecule has 1 aromatic carbocycles. The second-order valence-electron chi connectivity index (χ2n) is 6.28. The summed E-state index contributed by atoms with van der Waals surface area (Å²) in [4.78, 5) is 30.7. The number of nitro groups is 1. The summed E-state index contributed by atoms with van der Waals surface area (Å²) in [5.41, 5.74) is -0.0515. The van der Waals surface area contributed by atoms with Crippen LogP contribution in [0.5, 0.6) is 5.75 Å². The first-order valence-electron chi connectivity index (χ1n) is 8.61. The van der Waals surface area contributed by atoms with E-state index in [1.165, 1.54) is 12.3 Å². The molecule has 0 saturated carbocycles. The summed E-state index contributed by atoms with van der Waals surface area (Å²) in [6.45, 7) is 3.83. The zero-order valence-electron chi connectivity index (χ0n) is 15.0. The predicted octanol–water partition coefficient (Wildman–Crippen LogP) is 3.41. The number of hydrogen-bond donors (Lipinski definition) is 0. The molecular weight excluding hydrogens is 407 g/mol. The molecule has 0 spiro atoms. The molecule has 10 heteroatoms. The van der Waals surface area contributed by atoms with Crippen molar-refractivity contribution in [1.29, 1.82) is 0 Å². The Labute approximate surface area is 171 Å². The molecule has 0 bridgehead atoms. The van der Waals surface area contributed by atoms with Crippen LogP contribution in [-0.2, 0) is 4.79 Å². The van der Waals surface area contributed by atoms with Crippen LogP contribution in [0.2, 0.25) is 10.0 Å². The number of aromatic nitrogens is 1. The van der Waals surface area contributed by atoms with E-state index >= 15 is 0 Å². The van der Waals surface area contributed by atoms with Gasteiger partial charge in [-0.2, -0.15) is 0 Å². The fraction of sp³-hybridized carbons (Fsp3) is 0.333. The van der Waals surface area contributed by atoms with E-state index in [9.17, 15) is 14.9 Å². The molecule has 2 heterocycles. The molecule has 1 aliphatic rings. The number of anilines is 1. The number of benzene rings is 1. The summed E-state index contributed by atoms with van der Waals surface area (Å²) in [6.07, 6.45) is 0.543. The largest absolute Gasteiger partial charge is 0.479 e. The van der Waals surface area contributed by atoms with Crippen LogP contribution in [0.3, 0.4) is 0 Å². The second-order valence-corrected chi connectivity index (χ2v) is 7.12. The minimum absolute atomic E-state index is 0.0515. The average molecular weight is 425 g/mol. The van der Waals surface area contributed by atoms with Gasteiger partial charge < -0.3 is 14.5 Å². The van der Waals surface area contributed by atoms with Gasteiger partial charge in [0.2, 0.25) is 0 Å². The van der Waals surface area contributed by atoms with E-state index in [2.05, 4.69) is 4.98 Å². The monoisotopic (exact) mass is 424 g/mol. The maximum Gasteiger partial charge on any atom is 0.287 e. The predicted molar refractivity (Wildman–Crippen MR) is 106 cm³/mol. The fourth-order valence-corrected chi connectivity index (χ4v) is 3.35. The highest BCUT2D eigenvalue weighted by atomic mass is 35.5. The number of carbonyl (C=O) groups is 1. The van der Waals surface area contributed by atoms with Gasteiger partial charge in [0.05, 0.1) is 9.95 Å². The van der Waals surface area contributed by atoms with Gasteiger partial charge in [-0.15, -0.1) is 0 Å². The highest BCUT2D eigenvalue weighted by Crippen LogP contribution is 2.28. The maximum absolute atomic E-state index is 12.7. The van der Waals surface area contributed by atoms with Crippen molar-refractivity contribution >= 4 is 40.6 Å². The fourth-order valence-electron chi connectivity index (χ4n) is 2.90. The number of carbonyl (C=O) groups excluding carboxylic acids is 1. The highest BCUT2D eigenvalue weighted by Gasteiger charge is 2.27. The Kier molecular flexibility index (Phi) is 6.21. The molecule has 1 amide bonds. The van der Waals surface area contributed by atoms with E-state index in [0.717, 1.165) is 0 Å². The Balaban J connectivity index is 1.56. The molecule has 28 heavy (non-hydrogen) atoms. The maximum atomic E-state index is 12.7. The van der Waals surface area contributed by atoms with Crippen LogP contribution in [0, 0.1) is 10.1 Å². The smallest absolute Gasteiger partial charge is 0.287 e. The number of rotatable bonds is 5. The normalized spacial score (nSPS) is 15.2. The van der Waals surface area contributed by atoms with Crippen LogP contribution >= 0.6 is 23.2 Å². The third-order valence-corrected chi connectivity index (χ3v) is 4.93. The van der Waals surface area contributed by atoms with Crippen LogP contribution in [0.15, 0.2) is 36.5 Å². The zero-order chi connectivity index (χ0) is 20.3. The van der Waals surface area contributed by atoms with Crippen molar-refractivity contribution in [2.75, 3.05) is 31.1 Å². The Morgan fingerprint density at radius 3 is 2.50 bits per heavy atom. The average Bonchev–Trinajstić information content (AvgIpc) is 2.69. The van der Waals surface area contributed by atoms with E-state index in [1.54, 1.807) is 36.1 Å². The summed E-state index contributed by atoms with van der Waals surface area (Å²) in [5.74, 6) is 0.915. The van der Waals surface area contributed by atoms with Gasteiger partial charge in [0.25, 0.3) is 11.6 Å². The van der Waals surface area contributed by atoms with E-state index in [0.29, 0.717) is 47.8 Å². The van der Waals surface area contributed by atoms with Gasteiger partial charge in [0, 0.05) is 37.3 Å². The standard InChI is InChI=1S/C18H18Cl2N4O4/c1-12(28-16-4-2-13(19)10-15(16)20)18(25)23-8-6-22(7-9-23)17-5-3-14(11-21-17)24(26)27/h2-5,10-12H,6-9H2,1H3. The summed E-state index contributed by atoms with van der Waals surface area (Å²) in [5, 5.41) is 11.6. The van der Waals surface area contributed by atoms with Crippen LogP contribution in [0.1, 0.15) is 6.92 Å². The molecule has 0 N–H and O–H groups in total. The molecule has 1 fully saturated rings. The van der Waals surface area contributed by atoms with E-state index < -0.39 is 11.0 Å². The molecule has 3 rings (SSSR count). The van der Waals surface area contributed by atoms with Gasteiger partial charge in [-0.25, -0.2) is 4.98 Å². The van der Waals surface area contributed by atoms with Gasteiger partial charge in [-0.1, -0.05) is 23.2 Å². The lowest BCUT2D eigenvalue weighted by Gasteiger charge is -2.36. The Hall–Kier alpha value is -2.58. The highest BCUT2D eigenvalue weighted by molar-refractivity contribution is 6.35. The Morgan fingerprint density at radius 1 is 1.21 bits per heavy atom. The Bertz CT molecular complexity index is 870. The van der Waals surface area contributed by atoms with Crippen molar-refractivity contribution < 1.29 is 14.5 Å². The summed E-state index contributed by atoms with van der Waals surface area (Å²) in [6, 6.07) is 7.88. The van der Waals surface area contributed by atoms with Crippen LogP contribution in [0.25, 0.3) is 0 Å². The molecule has 0 aliphatic carbocycles. The van der Waals surface area contributed by atoms with Crippen molar-refractivity contribution in [3.05, 3.63) is 56.7 Å². The van der Waals surface area contributed by atoms with E-state index in [4.69, 9.17) is 27.9 Å². The van der Waals surface area contributed by atoms with E-state index in [-0.39, 0.29) is 11.6 Å². The van der Waals surface area contributed by atoms with E-state index in [1.807, 2.05) is 4.90 Å². The number of amides is 1. The molecular formula is C18H18Cl2N4O4. The van der Waals surface area contributed by atoms with Crippen LogP contribution in [0.4, 0.5) is 11.5 Å². The van der Waals surface area contributed by atoms with Gasteiger partial charge >= 0.3 is 0 Å². The molecule has 1 aromatic heterocycles. The van der Waals surface area contributed by atoms with Gasteiger partial charge in [-0.05, 0) is 31.2 Å². The van der Waals surface area contributed by atoms with Gasteiger partial charge in [0.15, 0.2) is 6.10 Å². The second kappa shape index (κ2) is 8.62. The molecule has 2 aromatic rings. The molecule has 8 nitrogen and oxygen atoms in total. The Morgan fingerprint density at radius 2 is 1.93 bits per heavy atom. The van der Waals surface area contributed by atoms with Gasteiger partial charge in [-0.3, -0.25) is 14.9 Å². The van der Waals surface area contributed by atoms with Gasteiger partial charge in [0.1, 0.15) is 17.8 Å². The van der Waals surface area contributed by atoms with Crippen molar-refractivity contribution in [2.24, 2.45) is 0 Å². The number of ether oxygens (including phenoxy) is 1. The lowest BCUT2D eigenvalue weighted by Crippen LogP contribution is -2.52. The number of piperazine rings is 1. The number of nitrogens with zero attached hydrogens (tertiary/aromatic N) is 4. The van der Waals surface area contributed by atoms with Crippen molar-refractivity contribution in [3.63, 3.8) is 0 Å². The number of pyridine rings is 1. The first kappa shape index (κ1) is 20.2. The molecule has 148 valence electrons. The first-order chi connectivity index (χ1) is 13.3. The lowest BCUT2D eigenvalue weighted by molar-refractivity contribution is -0.385. The van der Waals surface area contributed by atoms with Crippen LogP contribution < -0.4 is 9.64 Å². The van der Waals surface area contributed by atoms with Crippen molar-refractivity contribution in [1.82, 2.24) is 9.88 Å². The molecule has 0 radical (unpaired) electrons. The third kappa shape index (κ3) is 4.63. The molecule has 1 atom stereocenters. The number of hydrogen-bond acceptors (Lipinski definition) is 6. The minimum atomic E-state index is -0.692. The minimum Gasteiger partial charge on any atom is -0.479 e. The zero-order valence-corrected chi connectivity index (χ0v) is 16.6. The summed E-state index contributed by atoms with van der Waals surface area (Å²) in [7, 11) is 0.